The molecule has 3 aliphatic rings. The number of aromatic nitrogens is 2. The quantitative estimate of drug-likeness (QED) is 0.575. The largest absolute Gasteiger partial charge is 0.389 e. The molecular formula is C26H34N4O. The molecule has 1 aromatic heterocycles. The Morgan fingerprint density at radius 2 is 1.90 bits per heavy atom. The van der Waals surface area contributed by atoms with Gasteiger partial charge in [-0.25, -0.2) is 4.98 Å². The van der Waals surface area contributed by atoms with Crippen LogP contribution in [0.15, 0.2) is 54.6 Å². The minimum absolute atomic E-state index is 0.377. The summed E-state index contributed by atoms with van der Waals surface area (Å²) in [7, 11) is 2.18. The number of piperidine rings is 2. The third kappa shape index (κ3) is 4.35. The Morgan fingerprint density at radius 3 is 2.68 bits per heavy atom. The fourth-order valence-electron chi connectivity index (χ4n) is 5.63. The number of hydrogen-bond donors (Lipinski definition) is 2. The zero-order valence-corrected chi connectivity index (χ0v) is 18.5. The monoisotopic (exact) mass is 418 g/mol. The van der Waals surface area contributed by atoms with Gasteiger partial charge in [0.1, 0.15) is 5.82 Å². The van der Waals surface area contributed by atoms with Gasteiger partial charge in [-0.3, -0.25) is 0 Å². The van der Waals surface area contributed by atoms with E-state index in [1.807, 2.05) is 12.1 Å². The Hall–Kier alpha value is -2.37. The van der Waals surface area contributed by atoms with Crippen LogP contribution in [0.3, 0.4) is 0 Å². The summed E-state index contributed by atoms with van der Waals surface area (Å²) in [5.41, 5.74) is 2.96. The van der Waals surface area contributed by atoms with E-state index in [0.717, 1.165) is 68.6 Å². The molecule has 3 unspecified atom stereocenters. The number of aryl methyl sites for hydroxylation is 1. The molecule has 3 fully saturated rings. The zero-order chi connectivity index (χ0) is 21.3. The molecule has 5 heteroatoms. The first-order valence-corrected chi connectivity index (χ1v) is 11.8. The van der Waals surface area contributed by atoms with Crippen LogP contribution in [0.5, 0.6) is 0 Å². The summed E-state index contributed by atoms with van der Waals surface area (Å²) in [5, 5.41) is 11.5. The van der Waals surface area contributed by atoms with Crippen LogP contribution in [-0.2, 0) is 6.42 Å². The molecule has 2 aliphatic heterocycles. The molecular weight excluding hydrogens is 384 g/mol. The lowest BCUT2D eigenvalue weighted by Gasteiger charge is -2.55. The molecule has 5 nitrogen and oxygen atoms in total. The first-order chi connectivity index (χ1) is 15.1. The van der Waals surface area contributed by atoms with Crippen molar-refractivity contribution in [2.75, 3.05) is 31.6 Å². The van der Waals surface area contributed by atoms with Crippen molar-refractivity contribution < 1.29 is 5.11 Å². The molecule has 0 spiro atoms. The summed E-state index contributed by atoms with van der Waals surface area (Å²) in [6.45, 7) is 2.96. The van der Waals surface area contributed by atoms with Crippen molar-refractivity contribution >= 4 is 16.7 Å². The van der Waals surface area contributed by atoms with E-state index in [1.54, 1.807) is 0 Å². The number of nitrogens with zero attached hydrogens (tertiary/aromatic N) is 3. The fourth-order valence-corrected chi connectivity index (χ4v) is 5.63. The van der Waals surface area contributed by atoms with Crippen LogP contribution in [-0.4, -0.2) is 58.3 Å². The summed E-state index contributed by atoms with van der Waals surface area (Å²) in [5.74, 6) is 1.44. The summed E-state index contributed by atoms with van der Waals surface area (Å²) < 4.78 is 0. The summed E-state index contributed by atoms with van der Waals surface area (Å²) in [6.07, 6.45) is 6.16. The molecule has 1 aliphatic carbocycles. The van der Waals surface area contributed by atoms with Crippen LogP contribution in [0.4, 0.5) is 5.69 Å². The standard InChI is InChI=1S/C26H34N4O/c1-29(16-7-12-25-27-23-10-5-6-11-24(23)28-25)17-15-26(31)18-22-14-13-20(26)19-30(22)21-8-3-2-4-9-21/h2-6,8-11,20,22,31H,7,12-19H2,1H3,(H,27,28). The number of fused-ring (bicyclic) bond motifs is 4. The topological polar surface area (TPSA) is 55.4 Å². The van der Waals surface area contributed by atoms with Crippen molar-refractivity contribution in [1.82, 2.24) is 14.9 Å². The molecule has 3 heterocycles. The van der Waals surface area contributed by atoms with E-state index in [0.29, 0.717) is 12.0 Å². The number of para-hydroxylation sites is 3. The van der Waals surface area contributed by atoms with E-state index in [4.69, 9.17) is 0 Å². The number of H-pyrrole nitrogens is 1. The molecule has 3 aromatic rings. The fraction of sp³-hybridized carbons (Fsp3) is 0.500. The van der Waals surface area contributed by atoms with Gasteiger partial charge in [0.2, 0.25) is 0 Å². The lowest BCUT2D eigenvalue weighted by atomic mass is 9.67. The molecule has 3 atom stereocenters. The molecule has 6 rings (SSSR count). The second-order valence-corrected chi connectivity index (χ2v) is 9.58. The summed E-state index contributed by atoms with van der Waals surface area (Å²) in [6, 6.07) is 19.4. The molecule has 0 radical (unpaired) electrons. The van der Waals surface area contributed by atoms with Crippen LogP contribution in [0.25, 0.3) is 11.0 Å². The van der Waals surface area contributed by atoms with Gasteiger partial charge in [-0.15, -0.1) is 0 Å². The maximum atomic E-state index is 11.5. The first-order valence-electron chi connectivity index (χ1n) is 11.8. The highest BCUT2D eigenvalue weighted by atomic mass is 16.3. The molecule has 2 bridgehead atoms. The average Bonchev–Trinajstić information content (AvgIpc) is 3.21. The molecule has 1 saturated carbocycles. The minimum Gasteiger partial charge on any atom is -0.389 e. The van der Waals surface area contributed by atoms with E-state index < -0.39 is 5.60 Å². The zero-order valence-electron chi connectivity index (χ0n) is 18.5. The smallest absolute Gasteiger partial charge is 0.107 e. The predicted molar refractivity (Wildman–Crippen MR) is 126 cm³/mol. The Balaban J connectivity index is 1.10. The van der Waals surface area contributed by atoms with Crippen molar-refractivity contribution in [3.05, 3.63) is 60.4 Å². The van der Waals surface area contributed by atoms with Crippen LogP contribution in [0, 0.1) is 5.92 Å². The number of anilines is 1. The molecule has 31 heavy (non-hydrogen) atoms. The SMILES string of the molecule is CN(CCCc1nc2ccccc2[nH]1)CCC1(O)CC2CCC1CN2c1ccccc1. The van der Waals surface area contributed by atoms with E-state index in [9.17, 15) is 5.11 Å². The highest BCUT2D eigenvalue weighted by Crippen LogP contribution is 2.45. The van der Waals surface area contributed by atoms with E-state index >= 15 is 0 Å². The number of imidazole rings is 1. The second kappa shape index (κ2) is 8.64. The number of benzene rings is 2. The highest BCUT2D eigenvalue weighted by molar-refractivity contribution is 5.74. The maximum Gasteiger partial charge on any atom is 0.107 e. The van der Waals surface area contributed by atoms with Gasteiger partial charge in [-0.2, -0.15) is 0 Å². The lowest BCUT2D eigenvalue weighted by Crippen LogP contribution is -2.61. The van der Waals surface area contributed by atoms with E-state index in [1.165, 1.54) is 12.1 Å². The highest BCUT2D eigenvalue weighted by Gasteiger charge is 2.49. The summed E-state index contributed by atoms with van der Waals surface area (Å²) in [4.78, 5) is 13.0. The lowest BCUT2D eigenvalue weighted by molar-refractivity contribution is -0.0805. The molecule has 0 amide bonds. The van der Waals surface area contributed by atoms with Gasteiger partial charge >= 0.3 is 0 Å². The van der Waals surface area contributed by atoms with Crippen LogP contribution < -0.4 is 4.90 Å². The number of hydrogen-bond acceptors (Lipinski definition) is 4. The Labute approximate surface area is 185 Å². The average molecular weight is 419 g/mol. The van der Waals surface area contributed by atoms with E-state index in [-0.39, 0.29) is 0 Å². The maximum absolute atomic E-state index is 11.5. The summed E-state index contributed by atoms with van der Waals surface area (Å²) >= 11 is 0. The Morgan fingerprint density at radius 1 is 1.10 bits per heavy atom. The number of nitrogens with one attached hydrogen (secondary N) is 1. The molecule has 2 N–H and O–H groups in total. The number of aromatic amines is 1. The van der Waals surface area contributed by atoms with Gasteiger partial charge in [0.05, 0.1) is 16.6 Å². The Bertz CT molecular complexity index is 970. The van der Waals surface area contributed by atoms with E-state index in [2.05, 4.69) is 69.3 Å². The van der Waals surface area contributed by atoms with Crippen LogP contribution in [0.1, 0.15) is 37.9 Å². The van der Waals surface area contributed by atoms with Gasteiger partial charge in [0.15, 0.2) is 0 Å². The minimum atomic E-state index is -0.513. The van der Waals surface area contributed by atoms with Gasteiger partial charge in [-0.05, 0) is 70.0 Å². The first kappa shape index (κ1) is 20.5. The molecule has 2 saturated heterocycles. The van der Waals surface area contributed by atoms with Crippen molar-refractivity contribution in [3.8, 4) is 0 Å². The van der Waals surface area contributed by atoms with Crippen LogP contribution >= 0.6 is 0 Å². The molecule has 164 valence electrons. The van der Waals surface area contributed by atoms with Gasteiger partial charge in [0, 0.05) is 37.2 Å². The normalized spacial score (nSPS) is 25.6. The number of rotatable bonds is 8. The van der Waals surface area contributed by atoms with Crippen molar-refractivity contribution in [2.45, 2.75) is 50.2 Å². The van der Waals surface area contributed by atoms with Gasteiger partial charge in [-0.1, -0.05) is 30.3 Å². The van der Waals surface area contributed by atoms with Crippen LogP contribution in [0.2, 0.25) is 0 Å². The Kier molecular flexibility index (Phi) is 5.72. The third-order valence-corrected chi connectivity index (χ3v) is 7.46. The predicted octanol–water partition coefficient (Wildman–Crippen LogP) is 4.24. The molecule has 2 aromatic carbocycles. The number of aliphatic hydroxyl groups is 1. The van der Waals surface area contributed by atoms with Crippen molar-refractivity contribution in [3.63, 3.8) is 0 Å². The third-order valence-electron chi connectivity index (χ3n) is 7.46. The van der Waals surface area contributed by atoms with Gasteiger partial charge < -0.3 is 19.9 Å². The van der Waals surface area contributed by atoms with Crippen molar-refractivity contribution in [2.24, 2.45) is 5.92 Å². The second-order valence-electron chi connectivity index (χ2n) is 9.58. The van der Waals surface area contributed by atoms with Gasteiger partial charge in [0.25, 0.3) is 0 Å². The van der Waals surface area contributed by atoms with Crippen molar-refractivity contribution in [1.29, 1.82) is 0 Å².